The second-order valence-corrected chi connectivity index (χ2v) is 5.15. The SMILES string of the molecule is C=CC[N+](C)(C)CC=C.O=S(=O)([O-])C(F)(F)F. The van der Waals surface area contributed by atoms with Gasteiger partial charge in [0.2, 0.25) is 0 Å². The molecular formula is C9H16F3NO3S. The van der Waals surface area contributed by atoms with Gasteiger partial charge < -0.3 is 9.04 Å². The summed E-state index contributed by atoms with van der Waals surface area (Å²) in [5.41, 5.74) is -5.65. The fraction of sp³-hybridized carbons (Fsp3) is 0.556. The molecule has 0 heterocycles. The molecule has 0 aliphatic carbocycles. The predicted molar refractivity (Wildman–Crippen MR) is 58.0 cm³/mol. The van der Waals surface area contributed by atoms with Crippen LogP contribution < -0.4 is 0 Å². The van der Waals surface area contributed by atoms with Gasteiger partial charge in [0.15, 0.2) is 10.1 Å². The number of quaternary nitrogens is 1. The average Bonchev–Trinajstić information content (AvgIpc) is 2.00. The molecule has 0 aromatic rings. The van der Waals surface area contributed by atoms with E-state index in [9.17, 15) is 13.2 Å². The molecule has 0 rings (SSSR count). The smallest absolute Gasteiger partial charge is 0.485 e. The zero-order chi connectivity index (χ0) is 14.3. The van der Waals surface area contributed by atoms with Crippen molar-refractivity contribution in [3.8, 4) is 0 Å². The molecule has 0 aromatic heterocycles. The lowest BCUT2D eigenvalue weighted by Gasteiger charge is -2.26. The molecule has 0 saturated carbocycles. The van der Waals surface area contributed by atoms with Gasteiger partial charge in [-0.1, -0.05) is 13.2 Å². The molecule has 0 atom stereocenters. The Balaban J connectivity index is 0. The van der Waals surface area contributed by atoms with E-state index in [1.807, 2.05) is 12.2 Å². The van der Waals surface area contributed by atoms with Crippen molar-refractivity contribution in [1.82, 2.24) is 0 Å². The molecule has 0 fully saturated rings. The highest BCUT2D eigenvalue weighted by Crippen LogP contribution is 2.20. The largest absolute Gasteiger partial charge is 0.741 e. The summed E-state index contributed by atoms with van der Waals surface area (Å²) in [6, 6.07) is 0. The van der Waals surface area contributed by atoms with Gasteiger partial charge in [0, 0.05) is 0 Å². The van der Waals surface area contributed by atoms with Gasteiger partial charge >= 0.3 is 5.51 Å². The standard InChI is InChI=1S/C8H16N.CHF3O3S/c1-5-7-9(3,4)8-6-2;2-1(3,4)8(5,6)7/h5-6H,1-2,7-8H2,3-4H3;(H,5,6,7)/q+1;/p-1. The molecule has 0 aliphatic rings. The molecule has 0 saturated heterocycles. The van der Waals surface area contributed by atoms with E-state index in [1.165, 1.54) is 0 Å². The van der Waals surface area contributed by atoms with Crippen LogP contribution in [0.15, 0.2) is 25.3 Å². The lowest BCUT2D eigenvalue weighted by atomic mass is 10.4. The van der Waals surface area contributed by atoms with Crippen molar-refractivity contribution in [2.75, 3.05) is 27.2 Å². The average molecular weight is 275 g/mol. The van der Waals surface area contributed by atoms with E-state index in [4.69, 9.17) is 13.0 Å². The third kappa shape index (κ3) is 10.0. The monoisotopic (exact) mass is 275 g/mol. The van der Waals surface area contributed by atoms with E-state index >= 15 is 0 Å². The highest BCUT2D eigenvalue weighted by molar-refractivity contribution is 7.86. The summed E-state index contributed by atoms with van der Waals surface area (Å²) in [6.07, 6.45) is 3.87. The summed E-state index contributed by atoms with van der Waals surface area (Å²) in [5.74, 6) is 0. The van der Waals surface area contributed by atoms with E-state index in [1.54, 1.807) is 0 Å². The van der Waals surface area contributed by atoms with E-state index < -0.39 is 15.6 Å². The van der Waals surface area contributed by atoms with Gasteiger partial charge in [0.05, 0.1) is 27.2 Å². The van der Waals surface area contributed by atoms with Crippen LogP contribution in [-0.2, 0) is 10.1 Å². The van der Waals surface area contributed by atoms with Crippen LogP contribution in [0.4, 0.5) is 13.2 Å². The van der Waals surface area contributed by atoms with Crippen molar-refractivity contribution in [3.63, 3.8) is 0 Å². The van der Waals surface area contributed by atoms with Crippen LogP contribution in [0.5, 0.6) is 0 Å². The molecule has 0 spiro atoms. The van der Waals surface area contributed by atoms with Crippen molar-refractivity contribution in [3.05, 3.63) is 25.3 Å². The van der Waals surface area contributed by atoms with Gasteiger partial charge in [0.1, 0.15) is 0 Å². The Kier molecular flexibility index (Phi) is 7.37. The zero-order valence-corrected chi connectivity index (χ0v) is 10.5. The maximum absolute atomic E-state index is 10.7. The molecule has 0 aromatic carbocycles. The molecule has 0 bridgehead atoms. The quantitative estimate of drug-likeness (QED) is 0.338. The topological polar surface area (TPSA) is 57.2 Å². The van der Waals surface area contributed by atoms with Crippen LogP contribution in [0.25, 0.3) is 0 Å². The minimum Gasteiger partial charge on any atom is -0.741 e. The molecule has 0 radical (unpaired) electrons. The van der Waals surface area contributed by atoms with Crippen molar-refractivity contribution < 1.29 is 30.6 Å². The van der Waals surface area contributed by atoms with Gasteiger partial charge in [-0.2, -0.15) is 13.2 Å². The van der Waals surface area contributed by atoms with Crippen LogP contribution >= 0.6 is 0 Å². The van der Waals surface area contributed by atoms with Crippen LogP contribution in [-0.4, -0.2) is 50.1 Å². The van der Waals surface area contributed by atoms with Crippen molar-refractivity contribution in [2.45, 2.75) is 5.51 Å². The van der Waals surface area contributed by atoms with Crippen LogP contribution in [0.2, 0.25) is 0 Å². The van der Waals surface area contributed by atoms with Crippen LogP contribution in [0.1, 0.15) is 0 Å². The second-order valence-electron chi connectivity index (χ2n) is 3.78. The Morgan fingerprint density at radius 1 is 1.18 bits per heavy atom. The number of likely N-dealkylation sites (N-methyl/N-ethyl adjacent to an activating group) is 1. The number of rotatable bonds is 4. The van der Waals surface area contributed by atoms with Gasteiger partial charge in [0.25, 0.3) is 0 Å². The molecule has 8 heteroatoms. The molecule has 102 valence electrons. The lowest BCUT2D eigenvalue weighted by molar-refractivity contribution is -0.878. The molecule has 0 N–H and O–H groups in total. The first kappa shape index (κ1) is 18.5. The molecule has 17 heavy (non-hydrogen) atoms. The van der Waals surface area contributed by atoms with Crippen LogP contribution in [0.3, 0.4) is 0 Å². The van der Waals surface area contributed by atoms with Gasteiger partial charge in [-0.3, -0.25) is 0 Å². The van der Waals surface area contributed by atoms with Gasteiger partial charge in [-0.15, -0.1) is 0 Å². The Bertz CT molecular complexity index is 335. The van der Waals surface area contributed by atoms with Gasteiger partial charge in [-0.05, 0) is 12.2 Å². The van der Waals surface area contributed by atoms with E-state index in [0.29, 0.717) is 0 Å². The Hall–Kier alpha value is -0.860. The first-order chi connectivity index (χ1) is 7.37. The third-order valence-electron chi connectivity index (χ3n) is 1.53. The van der Waals surface area contributed by atoms with E-state index in [-0.39, 0.29) is 0 Å². The summed E-state index contributed by atoms with van der Waals surface area (Å²) >= 11 is 0. The van der Waals surface area contributed by atoms with E-state index in [0.717, 1.165) is 17.6 Å². The highest BCUT2D eigenvalue weighted by atomic mass is 32.2. The second kappa shape index (κ2) is 6.77. The highest BCUT2D eigenvalue weighted by Gasteiger charge is 2.36. The fourth-order valence-electron chi connectivity index (χ4n) is 0.774. The predicted octanol–water partition coefficient (Wildman–Crippen LogP) is 1.49. The first-order valence-corrected chi connectivity index (χ1v) is 5.84. The van der Waals surface area contributed by atoms with Crippen molar-refractivity contribution >= 4 is 10.1 Å². The molecule has 0 unspecified atom stereocenters. The number of halogens is 3. The number of alkyl halides is 3. The Labute approximate surface area is 99.4 Å². The third-order valence-corrected chi connectivity index (χ3v) is 2.10. The number of hydrogen-bond acceptors (Lipinski definition) is 3. The summed E-state index contributed by atoms with van der Waals surface area (Å²) in [6.45, 7) is 9.37. The van der Waals surface area contributed by atoms with E-state index in [2.05, 4.69) is 27.3 Å². The molecule has 4 nitrogen and oxygen atoms in total. The molecule has 0 amide bonds. The van der Waals surface area contributed by atoms with Crippen molar-refractivity contribution in [1.29, 1.82) is 0 Å². The summed E-state index contributed by atoms with van der Waals surface area (Å²) in [4.78, 5) is 0. The molecule has 0 aliphatic heterocycles. The zero-order valence-electron chi connectivity index (χ0n) is 9.70. The summed E-state index contributed by atoms with van der Waals surface area (Å²) in [5, 5.41) is 0. The minimum atomic E-state index is -6.09. The maximum Gasteiger partial charge on any atom is 0.485 e. The number of nitrogens with zero attached hydrogens (tertiary/aromatic N) is 1. The molecular weight excluding hydrogens is 259 g/mol. The van der Waals surface area contributed by atoms with Gasteiger partial charge in [-0.25, -0.2) is 8.42 Å². The Morgan fingerprint density at radius 3 is 1.53 bits per heavy atom. The summed E-state index contributed by atoms with van der Waals surface area (Å²) in [7, 11) is -1.78. The lowest BCUT2D eigenvalue weighted by Crippen LogP contribution is -2.39. The fourth-order valence-corrected chi connectivity index (χ4v) is 0.774. The first-order valence-electron chi connectivity index (χ1n) is 4.43. The number of hydrogen-bond donors (Lipinski definition) is 0. The van der Waals surface area contributed by atoms with Crippen molar-refractivity contribution in [2.24, 2.45) is 0 Å². The minimum absolute atomic E-state index is 0.951. The Morgan fingerprint density at radius 2 is 1.41 bits per heavy atom. The maximum atomic E-state index is 10.7. The normalized spacial score (nSPS) is 12.4. The van der Waals surface area contributed by atoms with Crippen LogP contribution in [0, 0.1) is 0 Å². The summed E-state index contributed by atoms with van der Waals surface area (Å²) < 4.78 is 59.9.